The molecule has 0 atom stereocenters. The third-order valence-corrected chi connectivity index (χ3v) is 5.52. The van der Waals surface area contributed by atoms with E-state index in [0.717, 1.165) is 0 Å². The normalized spacial score (nSPS) is 17.1. The Morgan fingerprint density at radius 1 is 1.00 bits per heavy atom. The van der Waals surface area contributed by atoms with E-state index >= 15 is 0 Å². The number of carbonyl (C=O) groups excluding carboxylic acids is 3. The van der Waals surface area contributed by atoms with Gasteiger partial charge in [-0.25, -0.2) is 0 Å². The van der Waals surface area contributed by atoms with Gasteiger partial charge in [0, 0.05) is 26.2 Å². The average molecular weight is 290 g/mol. The monoisotopic (exact) mass is 290 g/mol. The maximum Gasteiger partial charge on any atom is 0.705 e. The third kappa shape index (κ3) is 4.64. The fourth-order valence-electron chi connectivity index (χ4n) is 1.90. The zero-order valence-corrected chi connectivity index (χ0v) is 12.5. The first kappa shape index (κ1) is 15.6. The SMILES string of the molecule is CC(=O)O[Si](CC1(C)COC1)(OC(C)=O)OC(C)=O. The molecule has 0 bridgehead atoms. The van der Waals surface area contributed by atoms with Crippen molar-refractivity contribution < 1.29 is 32.4 Å². The van der Waals surface area contributed by atoms with E-state index in [4.69, 9.17) is 18.0 Å². The molecule has 19 heavy (non-hydrogen) atoms. The van der Waals surface area contributed by atoms with E-state index < -0.39 is 26.7 Å². The summed E-state index contributed by atoms with van der Waals surface area (Å²) < 4.78 is 20.4. The van der Waals surface area contributed by atoms with E-state index in [1.165, 1.54) is 20.8 Å². The van der Waals surface area contributed by atoms with Crippen LogP contribution in [-0.4, -0.2) is 39.9 Å². The molecule has 0 spiro atoms. The molecule has 1 aliphatic rings. The van der Waals surface area contributed by atoms with Crippen molar-refractivity contribution in [2.24, 2.45) is 5.41 Å². The van der Waals surface area contributed by atoms with Crippen molar-refractivity contribution in [3.63, 3.8) is 0 Å². The summed E-state index contributed by atoms with van der Waals surface area (Å²) in [4.78, 5) is 33.6. The Balaban J connectivity index is 2.96. The van der Waals surface area contributed by atoms with E-state index in [1.807, 2.05) is 6.92 Å². The number of hydrogen-bond acceptors (Lipinski definition) is 7. The molecule has 1 fully saturated rings. The third-order valence-electron chi connectivity index (χ3n) is 2.44. The van der Waals surface area contributed by atoms with Crippen molar-refractivity contribution in [1.29, 1.82) is 0 Å². The second-order valence-corrected chi connectivity index (χ2v) is 7.28. The van der Waals surface area contributed by atoms with Gasteiger partial charge in [-0.1, -0.05) is 6.92 Å². The maximum atomic E-state index is 11.2. The Morgan fingerprint density at radius 2 is 1.37 bits per heavy atom. The van der Waals surface area contributed by atoms with Crippen LogP contribution in [0.4, 0.5) is 0 Å². The van der Waals surface area contributed by atoms with Gasteiger partial charge in [0.05, 0.1) is 19.3 Å². The highest BCUT2D eigenvalue weighted by atomic mass is 28.4. The molecule has 108 valence electrons. The highest BCUT2D eigenvalue weighted by molar-refractivity contribution is 6.65. The molecular formula is C11H18O7Si. The highest BCUT2D eigenvalue weighted by Crippen LogP contribution is 2.37. The molecule has 1 saturated heterocycles. The van der Waals surface area contributed by atoms with E-state index in [1.54, 1.807) is 0 Å². The Hall–Kier alpha value is -1.41. The van der Waals surface area contributed by atoms with Crippen LogP contribution in [0, 0.1) is 5.41 Å². The van der Waals surface area contributed by atoms with E-state index in [-0.39, 0.29) is 11.5 Å². The van der Waals surface area contributed by atoms with Crippen LogP contribution in [0.15, 0.2) is 0 Å². The molecule has 0 N–H and O–H groups in total. The Labute approximate surface area is 112 Å². The summed E-state index contributed by atoms with van der Waals surface area (Å²) in [5, 5.41) is 0. The first-order valence-electron chi connectivity index (χ1n) is 5.83. The molecule has 0 aliphatic carbocycles. The molecule has 0 aromatic rings. The first-order chi connectivity index (χ1) is 8.66. The minimum Gasteiger partial charge on any atom is -0.455 e. The topological polar surface area (TPSA) is 88.1 Å². The van der Waals surface area contributed by atoms with Crippen LogP contribution in [0.1, 0.15) is 27.7 Å². The second-order valence-electron chi connectivity index (χ2n) is 4.94. The minimum atomic E-state index is -3.72. The zero-order valence-electron chi connectivity index (χ0n) is 11.5. The molecule has 0 unspecified atom stereocenters. The first-order valence-corrected chi connectivity index (χ1v) is 7.76. The van der Waals surface area contributed by atoms with Crippen molar-refractivity contribution in [1.82, 2.24) is 0 Å². The van der Waals surface area contributed by atoms with E-state index in [2.05, 4.69) is 0 Å². The van der Waals surface area contributed by atoms with Crippen molar-refractivity contribution in [2.45, 2.75) is 33.7 Å². The molecule has 7 nitrogen and oxygen atoms in total. The van der Waals surface area contributed by atoms with Crippen LogP contribution in [-0.2, 0) is 32.4 Å². The van der Waals surface area contributed by atoms with Gasteiger partial charge in [-0.15, -0.1) is 0 Å². The summed E-state index contributed by atoms with van der Waals surface area (Å²) in [6.07, 6.45) is 0. The standard InChI is InChI=1S/C11H18O7Si/c1-8(12)16-19(17-9(2)13,18-10(3)14)7-11(4)5-15-6-11/h5-7H2,1-4H3. The summed E-state index contributed by atoms with van der Waals surface area (Å²) in [5.41, 5.74) is -0.327. The number of hydrogen-bond donors (Lipinski definition) is 0. The van der Waals surface area contributed by atoms with Crippen LogP contribution in [0.2, 0.25) is 6.04 Å². The van der Waals surface area contributed by atoms with Crippen LogP contribution < -0.4 is 0 Å². The van der Waals surface area contributed by atoms with E-state index in [0.29, 0.717) is 13.2 Å². The van der Waals surface area contributed by atoms with Crippen molar-refractivity contribution >= 4 is 26.7 Å². The summed E-state index contributed by atoms with van der Waals surface area (Å²) >= 11 is 0. The number of ether oxygens (including phenoxy) is 1. The van der Waals surface area contributed by atoms with Gasteiger partial charge >= 0.3 is 8.80 Å². The molecule has 0 radical (unpaired) electrons. The lowest BCUT2D eigenvalue weighted by molar-refractivity contribution is -0.150. The van der Waals surface area contributed by atoms with Gasteiger partial charge in [-0.2, -0.15) is 0 Å². The second kappa shape index (κ2) is 5.70. The molecule has 0 aromatic carbocycles. The van der Waals surface area contributed by atoms with Gasteiger partial charge in [0.15, 0.2) is 0 Å². The summed E-state index contributed by atoms with van der Waals surface area (Å²) in [5.74, 6) is -1.96. The highest BCUT2D eigenvalue weighted by Gasteiger charge is 2.58. The van der Waals surface area contributed by atoms with Crippen LogP contribution in [0.25, 0.3) is 0 Å². The average Bonchev–Trinajstić information content (AvgIpc) is 2.10. The quantitative estimate of drug-likeness (QED) is 0.687. The van der Waals surface area contributed by atoms with Gasteiger partial charge in [-0.3, -0.25) is 14.4 Å². The van der Waals surface area contributed by atoms with Crippen molar-refractivity contribution in [2.75, 3.05) is 13.2 Å². The maximum absolute atomic E-state index is 11.2. The van der Waals surface area contributed by atoms with Gasteiger partial charge in [0.2, 0.25) is 0 Å². The molecule has 0 saturated carbocycles. The van der Waals surface area contributed by atoms with Gasteiger partial charge in [0.1, 0.15) is 0 Å². The fraction of sp³-hybridized carbons (Fsp3) is 0.727. The number of carbonyl (C=O) groups is 3. The van der Waals surface area contributed by atoms with Gasteiger partial charge in [0.25, 0.3) is 17.9 Å². The Bertz CT molecular complexity index is 348. The summed E-state index contributed by atoms with van der Waals surface area (Å²) in [7, 11) is -3.72. The predicted molar refractivity (Wildman–Crippen MR) is 64.8 cm³/mol. The fourth-order valence-corrected chi connectivity index (χ4v) is 4.81. The molecule has 1 aliphatic heterocycles. The zero-order chi connectivity index (χ0) is 14.7. The molecule has 1 rings (SSSR count). The van der Waals surface area contributed by atoms with Crippen LogP contribution in [0.5, 0.6) is 0 Å². The van der Waals surface area contributed by atoms with E-state index in [9.17, 15) is 14.4 Å². The molecule has 0 aromatic heterocycles. The molecule has 8 heteroatoms. The molecular weight excluding hydrogens is 272 g/mol. The minimum absolute atomic E-state index is 0.165. The van der Waals surface area contributed by atoms with Crippen LogP contribution >= 0.6 is 0 Å². The summed E-state index contributed by atoms with van der Waals surface area (Å²) in [6.45, 7) is 6.28. The summed E-state index contributed by atoms with van der Waals surface area (Å²) in [6, 6.07) is 0.165. The molecule has 1 heterocycles. The smallest absolute Gasteiger partial charge is 0.455 e. The lowest BCUT2D eigenvalue weighted by Gasteiger charge is -2.41. The predicted octanol–water partition coefficient (Wildman–Crippen LogP) is 0.651. The van der Waals surface area contributed by atoms with Crippen molar-refractivity contribution in [3.8, 4) is 0 Å². The van der Waals surface area contributed by atoms with Gasteiger partial charge < -0.3 is 18.0 Å². The largest absolute Gasteiger partial charge is 0.705 e. The lowest BCUT2D eigenvalue weighted by Crippen LogP contribution is -2.56. The number of rotatable bonds is 5. The molecule has 0 amide bonds. The Kier molecular flexibility index (Phi) is 4.69. The Morgan fingerprint density at radius 3 is 1.58 bits per heavy atom. The van der Waals surface area contributed by atoms with Crippen LogP contribution in [0.3, 0.4) is 0 Å². The van der Waals surface area contributed by atoms with Crippen molar-refractivity contribution in [3.05, 3.63) is 0 Å². The van der Waals surface area contributed by atoms with Gasteiger partial charge in [-0.05, 0) is 0 Å². The lowest BCUT2D eigenvalue weighted by atomic mass is 9.92.